The van der Waals surface area contributed by atoms with E-state index in [9.17, 15) is 13.2 Å². The van der Waals surface area contributed by atoms with Gasteiger partial charge >= 0.3 is 6.18 Å². The van der Waals surface area contributed by atoms with Crippen molar-refractivity contribution in [2.45, 2.75) is 32.1 Å². The number of hydrogen-bond donors (Lipinski definition) is 1. The average Bonchev–Trinajstić information content (AvgIpc) is 2.49. The Morgan fingerprint density at radius 2 is 2.19 bits per heavy atom. The predicted octanol–water partition coefficient (Wildman–Crippen LogP) is 2.77. The Balaban J connectivity index is 3.13. The highest BCUT2D eigenvalue weighted by Gasteiger charge is 2.42. The Bertz CT molecular complexity index is 348. The van der Waals surface area contributed by atoms with Gasteiger partial charge in [0, 0.05) is 6.54 Å². The summed E-state index contributed by atoms with van der Waals surface area (Å²) in [6, 6.07) is -1.78. The lowest BCUT2D eigenvalue weighted by Crippen LogP contribution is -2.33. The van der Waals surface area contributed by atoms with Gasteiger partial charge in [-0.15, -0.1) is 0 Å². The fourth-order valence-corrected chi connectivity index (χ4v) is 1.75. The van der Waals surface area contributed by atoms with E-state index < -0.39 is 12.2 Å². The summed E-state index contributed by atoms with van der Waals surface area (Å²) in [6.45, 7) is 2.28. The van der Waals surface area contributed by atoms with E-state index in [4.69, 9.17) is 11.6 Å². The highest BCUT2D eigenvalue weighted by Crippen LogP contribution is 2.35. The lowest BCUT2D eigenvalue weighted by molar-refractivity contribution is -0.157. The molecule has 1 aromatic rings. The highest BCUT2D eigenvalue weighted by molar-refractivity contribution is 6.31. The monoisotopic (exact) mass is 255 g/mol. The zero-order valence-electron chi connectivity index (χ0n) is 8.98. The number of rotatable bonds is 4. The first-order valence-corrected chi connectivity index (χ1v) is 5.24. The van der Waals surface area contributed by atoms with Gasteiger partial charge in [0.2, 0.25) is 0 Å². The largest absolute Gasteiger partial charge is 0.409 e. The Labute approximate surface area is 96.6 Å². The summed E-state index contributed by atoms with van der Waals surface area (Å²) in [6.07, 6.45) is -2.45. The third kappa shape index (κ3) is 2.68. The van der Waals surface area contributed by atoms with Crippen molar-refractivity contribution in [1.82, 2.24) is 15.1 Å². The predicted molar refractivity (Wildman–Crippen MR) is 55.4 cm³/mol. The molecule has 7 heteroatoms. The molecule has 0 fully saturated rings. The minimum absolute atomic E-state index is 0.0292. The summed E-state index contributed by atoms with van der Waals surface area (Å²) in [7, 11) is 1.25. The van der Waals surface area contributed by atoms with E-state index in [1.807, 2.05) is 6.92 Å². The summed E-state index contributed by atoms with van der Waals surface area (Å²) in [5.74, 6) is 0. The van der Waals surface area contributed by atoms with Gasteiger partial charge in [-0.2, -0.15) is 18.3 Å². The third-order valence-electron chi connectivity index (χ3n) is 2.16. The molecule has 3 nitrogen and oxygen atoms in total. The van der Waals surface area contributed by atoms with Gasteiger partial charge in [-0.25, -0.2) is 0 Å². The molecule has 0 bridgehead atoms. The van der Waals surface area contributed by atoms with Crippen molar-refractivity contribution >= 4 is 11.6 Å². The highest BCUT2D eigenvalue weighted by atomic mass is 35.5. The van der Waals surface area contributed by atoms with Crippen molar-refractivity contribution < 1.29 is 13.2 Å². The molecule has 0 spiro atoms. The topological polar surface area (TPSA) is 29.9 Å². The van der Waals surface area contributed by atoms with Crippen molar-refractivity contribution in [2.75, 3.05) is 7.05 Å². The Hall–Kier alpha value is -0.750. The molecule has 1 heterocycles. The molecule has 0 amide bonds. The Morgan fingerprint density at radius 3 is 2.62 bits per heavy atom. The maximum atomic E-state index is 12.7. The first kappa shape index (κ1) is 13.3. The first-order valence-electron chi connectivity index (χ1n) is 4.87. The van der Waals surface area contributed by atoms with Crippen LogP contribution in [0.15, 0.2) is 6.20 Å². The van der Waals surface area contributed by atoms with E-state index in [1.165, 1.54) is 17.9 Å². The van der Waals surface area contributed by atoms with Crippen molar-refractivity contribution in [3.63, 3.8) is 0 Å². The number of halogens is 4. The molecule has 0 radical (unpaired) electrons. The minimum atomic E-state index is -4.39. The van der Waals surface area contributed by atoms with Crippen LogP contribution in [0.4, 0.5) is 13.2 Å². The molecule has 0 aliphatic rings. The van der Waals surface area contributed by atoms with Crippen molar-refractivity contribution in [1.29, 1.82) is 0 Å². The summed E-state index contributed by atoms with van der Waals surface area (Å²) < 4.78 is 39.5. The summed E-state index contributed by atoms with van der Waals surface area (Å²) >= 11 is 5.74. The van der Waals surface area contributed by atoms with Crippen LogP contribution in [0, 0.1) is 0 Å². The van der Waals surface area contributed by atoms with E-state index in [0.717, 1.165) is 0 Å². The molecule has 0 saturated carbocycles. The number of hydrogen-bond acceptors (Lipinski definition) is 2. The quantitative estimate of drug-likeness (QED) is 0.897. The van der Waals surface area contributed by atoms with E-state index in [1.54, 1.807) is 0 Å². The van der Waals surface area contributed by atoms with Gasteiger partial charge in [0.25, 0.3) is 0 Å². The van der Waals surface area contributed by atoms with Gasteiger partial charge in [-0.3, -0.25) is 4.68 Å². The minimum Gasteiger partial charge on any atom is -0.304 e. The zero-order valence-corrected chi connectivity index (χ0v) is 9.73. The second kappa shape index (κ2) is 5.05. The standard InChI is InChI=1S/C9H13ClF3N3/c1-3-4-16-7(6(10)5-15-16)8(14-2)9(11,12)13/h5,8,14H,3-4H2,1-2H3. The van der Waals surface area contributed by atoms with Crippen LogP contribution in [-0.4, -0.2) is 23.0 Å². The molecule has 16 heavy (non-hydrogen) atoms. The summed E-state index contributed by atoms with van der Waals surface area (Å²) in [5.41, 5.74) is -0.0292. The molecule has 0 saturated heterocycles. The second-order valence-corrected chi connectivity index (χ2v) is 3.77. The van der Waals surface area contributed by atoms with Gasteiger partial charge in [-0.05, 0) is 13.5 Å². The third-order valence-corrected chi connectivity index (χ3v) is 2.45. The van der Waals surface area contributed by atoms with E-state index >= 15 is 0 Å². The van der Waals surface area contributed by atoms with E-state index in [2.05, 4.69) is 10.4 Å². The van der Waals surface area contributed by atoms with Crippen LogP contribution in [-0.2, 0) is 6.54 Å². The lowest BCUT2D eigenvalue weighted by Gasteiger charge is -2.21. The molecule has 1 rings (SSSR count). The average molecular weight is 256 g/mol. The molecular weight excluding hydrogens is 243 g/mol. The van der Waals surface area contributed by atoms with Gasteiger partial charge in [0.15, 0.2) is 0 Å². The Kier molecular flexibility index (Phi) is 4.21. The van der Waals surface area contributed by atoms with E-state index in [0.29, 0.717) is 13.0 Å². The van der Waals surface area contributed by atoms with Crippen LogP contribution in [0.2, 0.25) is 5.02 Å². The molecule has 0 aromatic carbocycles. The second-order valence-electron chi connectivity index (χ2n) is 3.36. The van der Waals surface area contributed by atoms with Gasteiger partial charge in [0.1, 0.15) is 6.04 Å². The van der Waals surface area contributed by atoms with Crippen molar-refractivity contribution in [2.24, 2.45) is 0 Å². The van der Waals surface area contributed by atoms with Crippen molar-refractivity contribution in [3.8, 4) is 0 Å². The first-order chi connectivity index (χ1) is 7.41. The number of aromatic nitrogens is 2. The van der Waals surface area contributed by atoms with Gasteiger partial charge in [-0.1, -0.05) is 18.5 Å². The number of nitrogens with one attached hydrogen (secondary N) is 1. The fraction of sp³-hybridized carbons (Fsp3) is 0.667. The molecule has 1 N–H and O–H groups in total. The van der Waals surface area contributed by atoms with Crippen LogP contribution < -0.4 is 5.32 Å². The lowest BCUT2D eigenvalue weighted by atomic mass is 10.2. The van der Waals surface area contributed by atoms with Gasteiger partial charge in [0.05, 0.1) is 16.9 Å². The number of nitrogens with zero attached hydrogens (tertiary/aromatic N) is 2. The molecule has 1 aromatic heterocycles. The van der Waals surface area contributed by atoms with Crippen LogP contribution in [0.25, 0.3) is 0 Å². The smallest absolute Gasteiger partial charge is 0.304 e. The maximum absolute atomic E-state index is 12.7. The van der Waals surface area contributed by atoms with Crippen LogP contribution in [0.1, 0.15) is 25.1 Å². The van der Waals surface area contributed by atoms with Crippen LogP contribution in [0.3, 0.4) is 0 Å². The summed E-state index contributed by atoms with van der Waals surface area (Å²) in [5, 5.41) is 6.08. The van der Waals surface area contributed by atoms with Gasteiger partial charge < -0.3 is 5.32 Å². The fourth-order valence-electron chi connectivity index (χ4n) is 1.50. The molecule has 92 valence electrons. The van der Waals surface area contributed by atoms with E-state index in [-0.39, 0.29) is 10.7 Å². The van der Waals surface area contributed by atoms with Crippen molar-refractivity contribution in [3.05, 3.63) is 16.9 Å². The van der Waals surface area contributed by atoms with Crippen LogP contribution >= 0.6 is 11.6 Å². The number of alkyl halides is 3. The molecule has 1 unspecified atom stereocenters. The van der Waals surface area contributed by atoms with Crippen LogP contribution in [0.5, 0.6) is 0 Å². The maximum Gasteiger partial charge on any atom is 0.409 e. The molecule has 1 atom stereocenters. The number of aryl methyl sites for hydroxylation is 1. The Morgan fingerprint density at radius 1 is 1.56 bits per heavy atom. The SMILES string of the molecule is CCCn1ncc(Cl)c1C(NC)C(F)(F)F. The molecule has 0 aliphatic heterocycles. The normalized spacial score (nSPS) is 14.1. The summed E-state index contributed by atoms with van der Waals surface area (Å²) in [4.78, 5) is 0. The molecular formula is C9H13ClF3N3. The zero-order chi connectivity index (χ0) is 12.3. The molecule has 0 aliphatic carbocycles.